The third kappa shape index (κ3) is 2.69. The van der Waals surface area contributed by atoms with Crippen LogP contribution in [0.5, 0.6) is 0 Å². The minimum absolute atomic E-state index is 0.0143. The number of nitrogens with zero attached hydrogens (tertiary/aromatic N) is 3. The average molecular weight is 400 g/mol. The van der Waals surface area contributed by atoms with Crippen LogP contribution in [0.3, 0.4) is 0 Å². The molecule has 4 rings (SSSR count). The zero-order valence-electron chi connectivity index (χ0n) is 13.7. The Bertz CT molecular complexity index is 1230. The highest BCUT2D eigenvalue weighted by atomic mass is 32.2. The van der Waals surface area contributed by atoms with Gasteiger partial charge in [0.1, 0.15) is 11.4 Å². The molecule has 1 amide bonds. The molecule has 136 valence electrons. The first-order chi connectivity index (χ1) is 12.9. The molecule has 3 aromatic rings. The Balaban J connectivity index is 1.72. The number of aromatic amines is 1. The van der Waals surface area contributed by atoms with Gasteiger partial charge in [0.2, 0.25) is 4.77 Å². The summed E-state index contributed by atoms with van der Waals surface area (Å²) in [6, 6.07) is 14.7. The van der Waals surface area contributed by atoms with E-state index in [1.807, 2.05) is 6.07 Å². The molecule has 1 aromatic heterocycles. The van der Waals surface area contributed by atoms with Crippen molar-refractivity contribution in [1.82, 2.24) is 19.1 Å². The molecule has 0 spiro atoms. The second-order valence-corrected chi connectivity index (χ2v) is 7.98. The SMILES string of the molecule is O=C1c2ccccc2S(=O)(=O)N1CC(=O)n1c(-c2ccccc2)n[nH]c1=S. The monoisotopic (exact) mass is 400 g/mol. The summed E-state index contributed by atoms with van der Waals surface area (Å²) in [5.74, 6) is -1.18. The van der Waals surface area contributed by atoms with E-state index in [0.717, 1.165) is 4.57 Å². The Hall–Kier alpha value is -3.11. The molecule has 27 heavy (non-hydrogen) atoms. The minimum Gasteiger partial charge on any atom is -0.272 e. The van der Waals surface area contributed by atoms with E-state index in [4.69, 9.17) is 12.2 Å². The molecule has 0 aliphatic carbocycles. The smallest absolute Gasteiger partial charge is 0.269 e. The zero-order chi connectivity index (χ0) is 19.2. The Labute approximate surface area is 159 Å². The van der Waals surface area contributed by atoms with Crippen LogP contribution < -0.4 is 0 Å². The Kier molecular flexibility index (Phi) is 4.01. The van der Waals surface area contributed by atoms with E-state index in [-0.39, 0.29) is 21.1 Å². The van der Waals surface area contributed by atoms with Crippen LogP contribution >= 0.6 is 12.2 Å². The van der Waals surface area contributed by atoms with Gasteiger partial charge in [0.25, 0.3) is 21.8 Å². The highest BCUT2D eigenvalue weighted by Gasteiger charge is 2.42. The van der Waals surface area contributed by atoms with Crippen LogP contribution in [0.25, 0.3) is 11.4 Å². The first-order valence-electron chi connectivity index (χ1n) is 7.83. The summed E-state index contributed by atoms with van der Waals surface area (Å²) in [5.41, 5.74) is 0.668. The second-order valence-electron chi connectivity index (χ2n) is 5.76. The Morgan fingerprint density at radius 1 is 1.07 bits per heavy atom. The fourth-order valence-electron chi connectivity index (χ4n) is 2.89. The predicted molar refractivity (Wildman–Crippen MR) is 98.1 cm³/mol. The molecular formula is C17H12N4O4S2. The molecule has 0 atom stereocenters. The summed E-state index contributed by atoms with van der Waals surface area (Å²) in [6.45, 7) is -0.677. The van der Waals surface area contributed by atoms with Crippen molar-refractivity contribution in [2.45, 2.75) is 4.90 Å². The van der Waals surface area contributed by atoms with Crippen molar-refractivity contribution in [2.75, 3.05) is 6.54 Å². The molecule has 8 nitrogen and oxygen atoms in total. The van der Waals surface area contributed by atoms with E-state index in [1.54, 1.807) is 30.3 Å². The molecule has 0 saturated heterocycles. The molecule has 0 fully saturated rings. The normalized spacial score (nSPS) is 15.0. The zero-order valence-corrected chi connectivity index (χ0v) is 15.3. The number of rotatable bonds is 3. The number of aromatic nitrogens is 3. The largest absolute Gasteiger partial charge is 0.272 e. The summed E-state index contributed by atoms with van der Waals surface area (Å²) >= 11 is 5.12. The van der Waals surface area contributed by atoms with E-state index in [9.17, 15) is 18.0 Å². The molecular weight excluding hydrogens is 388 g/mol. The number of carbonyl (C=O) groups excluding carboxylic acids is 2. The lowest BCUT2D eigenvalue weighted by Crippen LogP contribution is -2.37. The molecule has 1 aliphatic heterocycles. The lowest BCUT2D eigenvalue weighted by atomic mass is 10.2. The summed E-state index contributed by atoms with van der Waals surface area (Å²) < 4.78 is 26.9. The van der Waals surface area contributed by atoms with Crippen molar-refractivity contribution in [3.05, 3.63) is 64.9 Å². The number of fused-ring (bicyclic) bond motifs is 1. The van der Waals surface area contributed by atoms with Crippen LogP contribution in [0, 0.1) is 4.77 Å². The summed E-state index contributed by atoms with van der Waals surface area (Å²) in [5, 5.41) is 6.58. The quantitative estimate of drug-likeness (QED) is 0.675. The van der Waals surface area contributed by atoms with E-state index in [1.165, 1.54) is 18.2 Å². The molecule has 1 N–H and O–H groups in total. The van der Waals surface area contributed by atoms with Crippen LogP contribution in [0.15, 0.2) is 59.5 Å². The molecule has 2 aromatic carbocycles. The molecule has 0 bridgehead atoms. The van der Waals surface area contributed by atoms with Gasteiger partial charge < -0.3 is 0 Å². The lowest BCUT2D eigenvalue weighted by Gasteiger charge is -2.15. The van der Waals surface area contributed by atoms with Crippen LogP contribution in [0.4, 0.5) is 0 Å². The second kappa shape index (κ2) is 6.25. The lowest BCUT2D eigenvalue weighted by molar-refractivity contribution is 0.0786. The number of hydrogen-bond acceptors (Lipinski definition) is 6. The van der Waals surface area contributed by atoms with Crippen molar-refractivity contribution in [3.8, 4) is 11.4 Å². The van der Waals surface area contributed by atoms with E-state index < -0.39 is 28.4 Å². The van der Waals surface area contributed by atoms with Gasteiger partial charge in [-0.15, -0.1) is 0 Å². The average Bonchev–Trinajstić information content (AvgIpc) is 3.15. The summed E-state index contributed by atoms with van der Waals surface area (Å²) in [6.07, 6.45) is 0. The van der Waals surface area contributed by atoms with Crippen molar-refractivity contribution in [3.63, 3.8) is 0 Å². The Morgan fingerprint density at radius 2 is 1.74 bits per heavy atom. The number of carbonyl (C=O) groups is 2. The van der Waals surface area contributed by atoms with Gasteiger partial charge in [-0.25, -0.2) is 17.3 Å². The third-order valence-electron chi connectivity index (χ3n) is 4.14. The maximum absolute atomic E-state index is 12.8. The van der Waals surface area contributed by atoms with E-state index in [0.29, 0.717) is 9.87 Å². The first kappa shape index (κ1) is 17.3. The maximum atomic E-state index is 12.8. The number of nitrogens with one attached hydrogen (secondary N) is 1. The molecule has 10 heteroatoms. The van der Waals surface area contributed by atoms with Crippen LogP contribution in [-0.2, 0) is 10.0 Å². The maximum Gasteiger partial charge on any atom is 0.269 e. The highest BCUT2D eigenvalue weighted by Crippen LogP contribution is 2.30. The van der Waals surface area contributed by atoms with Gasteiger partial charge in [-0.1, -0.05) is 42.5 Å². The third-order valence-corrected chi connectivity index (χ3v) is 6.21. The van der Waals surface area contributed by atoms with Gasteiger partial charge in [-0.2, -0.15) is 5.10 Å². The number of benzene rings is 2. The topological polar surface area (TPSA) is 105 Å². The summed E-state index contributed by atoms with van der Waals surface area (Å²) in [7, 11) is -4.09. The summed E-state index contributed by atoms with van der Waals surface area (Å²) in [4.78, 5) is 25.2. The number of hydrogen-bond donors (Lipinski definition) is 1. The van der Waals surface area contributed by atoms with E-state index >= 15 is 0 Å². The first-order valence-corrected chi connectivity index (χ1v) is 9.68. The highest BCUT2D eigenvalue weighted by molar-refractivity contribution is 7.90. The van der Waals surface area contributed by atoms with Crippen LogP contribution in [0.2, 0.25) is 0 Å². The van der Waals surface area contributed by atoms with Gasteiger partial charge in [-0.3, -0.25) is 14.7 Å². The molecule has 0 unspecified atom stereocenters. The number of H-pyrrole nitrogens is 1. The van der Waals surface area contributed by atoms with Gasteiger partial charge in [-0.05, 0) is 24.4 Å². The van der Waals surface area contributed by atoms with Gasteiger partial charge >= 0.3 is 0 Å². The molecule has 2 heterocycles. The van der Waals surface area contributed by atoms with Crippen molar-refractivity contribution >= 4 is 34.1 Å². The van der Waals surface area contributed by atoms with Gasteiger partial charge in [0, 0.05) is 5.56 Å². The number of amides is 1. The predicted octanol–water partition coefficient (Wildman–Crippen LogP) is 2.09. The standard InChI is InChI=1S/C17H12N4O4S2/c22-14(21-15(18-19-17(21)26)11-6-2-1-3-7-11)10-20-16(23)12-8-4-5-9-13(12)27(20,24)25/h1-9H,10H2,(H,19,26). The van der Waals surface area contributed by atoms with E-state index in [2.05, 4.69) is 10.2 Å². The fourth-order valence-corrected chi connectivity index (χ4v) is 4.64. The van der Waals surface area contributed by atoms with Crippen LogP contribution in [0.1, 0.15) is 15.2 Å². The minimum atomic E-state index is -4.09. The van der Waals surface area contributed by atoms with Gasteiger partial charge in [0.15, 0.2) is 5.82 Å². The number of sulfonamides is 1. The van der Waals surface area contributed by atoms with Crippen molar-refractivity contribution in [2.24, 2.45) is 0 Å². The molecule has 0 saturated carbocycles. The van der Waals surface area contributed by atoms with Crippen molar-refractivity contribution in [1.29, 1.82) is 0 Å². The van der Waals surface area contributed by atoms with Crippen molar-refractivity contribution < 1.29 is 18.0 Å². The Morgan fingerprint density at radius 3 is 2.44 bits per heavy atom. The van der Waals surface area contributed by atoms with Crippen LogP contribution in [-0.4, -0.2) is 45.8 Å². The molecule has 1 aliphatic rings. The fraction of sp³-hybridized carbons (Fsp3) is 0.0588. The van der Waals surface area contributed by atoms with Gasteiger partial charge in [0.05, 0.1) is 5.56 Å². The molecule has 0 radical (unpaired) electrons.